The van der Waals surface area contributed by atoms with Gasteiger partial charge < -0.3 is 5.11 Å². The fraction of sp³-hybridized carbons (Fsp3) is 0.333. The van der Waals surface area contributed by atoms with Gasteiger partial charge in [0.25, 0.3) is 0 Å². The molecule has 2 heterocycles. The Labute approximate surface area is 86.7 Å². The number of hydrogen-bond donors (Lipinski definition) is 1. The number of aliphatic carboxylic acids is 1. The Hall–Kier alpha value is -1.43. The maximum atomic E-state index is 11.4. The maximum Gasteiger partial charge on any atom is 0.309 e. The van der Waals surface area contributed by atoms with Crippen LogP contribution in [0, 0.1) is 5.92 Å². The van der Waals surface area contributed by atoms with Gasteiger partial charge in [-0.1, -0.05) is 6.07 Å². The summed E-state index contributed by atoms with van der Waals surface area (Å²) < 4.78 is 22.9. The number of sulfone groups is 1. The van der Waals surface area contributed by atoms with Crippen molar-refractivity contribution in [1.82, 2.24) is 4.98 Å². The summed E-state index contributed by atoms with van der Waals surface area (Å²) in [5.41, 5.74) is 0.316. The van der Waals surface area contributed by atoms with Gasteiger partial charge in [0.2, 0.25) is 0 Å². The minimum Gasteiger partial charge on any atom is -0.481 e. The molecule has 0 bridgehead atoms. The standard InChI is InChI=1S/C9H9NO4S/c11-9(12)6-5-15(13,14)8(6)7-3-1-2-4-10-7/h1-4,6,8H,5H2,(H,11,12). The lowest BCUT2D eigenvalue weighted by Crippen LogP contribution is -2.45. The lowest BCUT2D eigenvalue weighted by atomic mass is 10.0. The van der Waals surface area contributed by atoms with Gasteiger partial charge in [0.15, 0.2) is 9.84 Å². The van der Waals surface area contributed by atoms with Crippen LogP contribution in [0.2, 0.25) is 0 Å². The maximum absolute atomic E-state index is 11.4. The van der Waals surface area contributed by atoms with Crippen LogP contribution in [0.25, 0.3) is 0 Å². The highest BCUT2D eigenvalue weighted by atomic mass is 32.2. The summed E-state index contributed by atoms with van der Waals surface area (Å²) in [6.45, 7) is 0. The Balaban J connectivity index is 2.38. The number of carbonyl (C=O) groups is 1. The molecule has 80 valence electrons. The van der Waals surface area contributed by atoms with Gasteiger partial charge in [-0.05, 0) is 12.1 Å². The van der Waals surface area contributed by atoms with Crippen LogP contribution in [0.5, 0.6) is 0 Å². The quantitative estimate of drug-likeness (QED) is 0.783. The van der Waals surface area contributed by atoms with Crippen LogP contribution in [0.1, 0.15) is 10.9 Å². The fourth-order valence-corrected chi connectivity index (χ4v) is 3.61. The molecule has 2 rings (SSSR count). The third kappa shape index (κ3) is 1.61. The van der Waals surface area contributed by atoms with Crippen molar-refractivity contribution in [2.24, 2.45) is 5.92 Å². The first kappa shape index (κ1) is 10.1. The van der Waals surface area contributed by atoms with E-state index in [2.05, 4.69) is 4.98 Å². The average molecular weight is 227 g/mol. The molecule has 1 aliphatic rings. The summed E-state index contributed by atoms with van der Waals surface area (Å²) in [6.07, 6.45) is 1.46. The van der Waals surface area contributed by atoms with Crippen molar-refractivity contribution in [1.29, 1.82) is 0 Å². The number of aromatic nitrogens is 1. The Kier molecular flexibility index (Phi) is 2.22. The van der Waals surface area contributed by atoms with Crippen molar-refractivity contribution in [2.45, 2.75) is 5.25 Å². The van der Waals surface area contributed by atoms with Crippen LogP contribution in [0.3, 0.4) is 0 Å². The molecule has 0 spiro atoms. The van der Waals surface area contributed by atoms with E-state index in [1.165, 1.54) is 12.3 Å². The summed E-state index contributed by atoms with van der Waals surface area (Å²) >= 11 is 0. The smallest absolute Gasteiger partial charge is 0.309 e. The van der Waals surface area contributed by atoms with E-state index in [0.717, 1.165) is 0 Å². The molecule has 0 aromatic carbocycles. The minimum atomic E-state index is -3.31. The zero-order chi connectivity index (χ0) is 11.1. The largest absolute Gasteiger partial charge is 0.481 e. The number of pyridine rings is 1. The number of rotatable bonds is 2. The van der Waals surface area contributed by atoms with Crippen molar-refractivity contribution in [3.05, 3.63) is 30.1 Å². The summed E-state index contributed by atoms with van der Waals surface area (Å²) in [7, 11) is -3.31. The molecular formula is C9H9NO4S. The monoisotopic (exact) mass is 227 g/mol. The van der Waals surface area contributed by atoms with Gasteiger partial charge in [-0.25, -0.2) is 8.42 Å². The summed E-state index contributed by atoms with van der Waals surface area (Å²) in [4.78, 5) is 14.6. The van der Waals surface area contributed by atoms with Crippen LogP contribution < -0.4 is 0 Å². The first-order chi connectivity index (χ1) is 7.02. The number of nitrogens with zero attached hydrogens (tertiary/aromatic N) is 1. The van der Waals surface area contributed by atoms with Gasteiger partial charge in [-0.15, -0.1) is 0 Å². The molecular weight excluding hydrogens is 218 g/mol. The zero-order valence-electron chi connectivity index (χ0n) is 7.70. The molecule has 1 fully saturated rings. The van der Waals surface area contributed by atoms with Gasteiger partial charge in [0, 0.05) is 6.20 Å². The molecule has 6 heteroatoms. The highest BCUT2D eigenvalue weighted by Crippen LogP contribution is 2.40. The molecule has 2 unspecified atom stereocenters. The second-order valence-electron chi connectivity index (χ2n) is 3.45. The number of carboxylic acids is 1. The Morgan fingerprint density at radius 2 is 2.20 bits per heavy atom. The SMILES string of the molecule is O=C(O)C1CS(=O)(=O)C1c1ccccn1. The van der Waals surface area contributed by atoms with Crippen LogP contribution in [0.4, 0.5) is 0 Å². The van der Waals surface area contributed by atoms with Crippen molar-refractivity contribution in [3.63, 3.8) is 0 Å². The Morgan fingerprint density at radius 1 is 1.47 bits per heavy atom. The van der Waals surface area contributed by atoms with E-state index >= 15 is 0 Å². The molecule has 15 heavy (non-hydrogen) atoms. The molecule has 5 nitrogen and oxygen atoms in total. The van der Waals surface area contributed by atoms with Gasteiger partial charge in [0.05, 0.1) is 17.4 Å². The van der Waals surface area contributed by atoms with Crippen molar-refractivity contribution in [3.8, 4) is 0 Å². The third-order valence-corrected chi connectivity index (χ3v) is 4.63. The Bertz CT molecular complexity index is 482. The highest BCUT2D eigenvalue weighted by molar-refractivity contribution is 7.93. The topological polar surface area (TPSA) is 84.3 Å². The molecule has 0 radical (unpaired) electrons. The van der Waals surface area contributed by atoms with Gasteiger partial charge in [-0.2, -0.15) is 0 Å². The minimum absolute atomic E-state index is 0.288. The molecule has 1 aliphatic heterocycles. The predicted molar refractivity (Wildman–Crippen MR) is 51.9 cm³/mol. The number of carboxylic acid groups (broad SMARTS) is 1. The summed E-state index contributed by atoms with van der Waals surface area (Å²) in [6, 6.07) is 4.84. The van der Waals surface area contributed by atoms with Crippen LogP contribution in [-0.4, -0.2) is 30.2 Å². The van der Waals surface area contributed by atoms with E-state index in [4.69, 9.17) is 5.11 Å². The summed E-state index contributed by atoms with van der Waals surface area (Å²) in [5.74, 6) is -2.23. The lowest BCUT2D eigenvalue weighted by Gasteiger charge is -2.32. The molecule has 1 N–H and O–H groups in total. The second kappa shape index (κ2) is 3.30. The van der Waals surface area contributed by atoms with E-state index in [1.54, 1.807) is 12.1 Å². The molecule has 0 saturated carbocycles. The van der Waals surface area contributed by atoms with Crippen LogP contribution >= 0.6 is 0 Å². The zero-order valence-corrected chi connectivity index (χ0v) is 8.52. The fourth-order valence-electron chi connectivity index (χ4n) is 1.70. The highest BCUT2D eigenvalue weighted by Gasteiger charge is 2.51. The third-order valence-electron chi connectivity index (χ3n) is 2.46. The van der Waals surface area contributed by atoms with Gasteiger partial charge in [-0.3, -0.25) is 9.78 Å². The van der Waals surface area contributed by atoms with E-state index in [1.807, 2.05) is 0 Å². The normalized spacial score (nSPS) is 28.0. The molecule has 1 aromatic rings. The lowest BCUT2D eigenvalue weighted by molar-refractivity contribution is -0.141. The van der Waals surface area contributed by atoms with Gasteiger partial charge >= 0.3 is 5.97 Å². The molecule has 2 atom stereocenters. The average Bonchev–Trinajstić information content (AvgIpc) is 2.16. The van der Waals surface area contributed by atoms with Crippen molar-refractivity contribution >= 4 is 15.8 Å². The molecule has 0 amide bonds. The van der Waals surface area contributed by atoms with Crippen molar-refractivity contribution < 1.29 is 18.3 Å². The first-order valence-corrected chi connectivity index (χ1v) is 6.09. The first-order valence-electron chi connectivity index (χ1n) is 4.37. The summed E-state index contributed by atoms with van der Waals surface area (Å²) in [5, 5.41) is 7.83. The predicted octanol–water partition coefficient (Wildman–Crippen LogP) is 0.252. The van der Waals surface area contributed by atoms with Crippen molar-refractivity contribution in [2.75, 3.05) is 5.75 Å². The number of hydrogen-bond acceptors (Lipinski definition) is 4. The molecule has 1 saturated heterocycles. The van der Waals surface area contributed by atoms with Gasteiger partial charge in [0.1, 0.15) is 5.25 Å². The molecule has 1 aromatic heterocycles. The molecule has 0 aliphatic carbocycles. The van der Waals surface area contributed by atoms with E-state index in [-0.39, 0.29) is 5.75 Å². The van der Waals surface area contributed by atoms with E-state index < -0.39 is 27.0 Å². The van der Waals surface area contributed by atoms with Crippen LogP contribution in [0.15, 0.2) is 24.4 Å². The second-order valence-corrected chi connectivity index (χ2v) is 5.62. The van der Waals surface area contributed by atoms with E-state index in [9.17, 15) is 13.2 Å². The van der Waals surface area contributed by atoms with Crippen LogP contribution in [-0.2, 0) is 14.6 Å². The Morgan fingerprint density at radius 3 is 2.67 bits per heavy atom. The van der Waals surface area contributed by atoms with E-state index in [0.29, 0.717) is 5.69 Å².